The van der Waals surface area contributed by atoms with Crippen molar-refractivity contribution in [3.05, 3.63) is 22.3 Å². The van der Waals surface area contributed by atoms with Gasteiger partial charge in [0, 0.05) is 23.3 Å². The standard InChI is InChI=1S/C12H17BrN2/c1-8-4-10(3)15(7-8)12-5-9(2)11(13)6-14-12/h5-6,8,10H,4,7H2,1-3H3. The maximum absolute atomic E-state index is 4.49. The second kappa shape index (κ2) is 4.12. The molecule has 0 spiro atoms. The van der Waals surface area contributed by atoms with E-state index in [0.29, 0.717) is 6.04 Å². The smallest absolute Gasteiger partial charge is 0.129 e. The highest BCUT2D eigenvalue weighted by Crippen LogP contribution is 2.29. The molecule has 1 saturated heterocycles. The van der Waals surface area contributed by atoms with Gasteiger partial charge in [-0.15, -0.1) is 0 Å². The van der Waals surface area contributed by atoms with Gasteiger partial charge in [-0.2, -0.15) is 0 Å². The molecule has 0 aromatic carbocycles. The molecule has 3 heteroatoms. The molecule has 0 N–H and O–H groups in total. The van der Waals surface area contributed by atoms with Crippen molar-refractivity contribution in [3.63, 3.8) is 0 Å². The van der Waals surface area contributed by atoms with Gasteiger partial charge in [0.05, 0.1) is 0 Å². The lowest BCUT2D eigenvalue weighted by Crippen LogP contribution is -2.27. The molecule has 1 aliphatic heterocycles. The average molecular weight is 269 g/mol. The summed E-state index contributed by atoms with van der Waals surface area (Å²) in [5.74, 6) is 1.90. The second-order valence-electron chi connectivity index (χ2n) is 4.63. The van der Waals surface area contributed by atoms with Crippen molar-refractivity contribution in [2.75, 3.05) is 11.4 Å². The zero-order valence-electron chi connectivity index (χ0n) is 9.50. The van der Waals surface area contributed by atoms with Crippen molar-refractivity contribution in [1.29, 1.82) is 0 Å². The molecule has 1 aliphatic rings. The molecule has 0 aliphatic carbocycles. The van der Waals surface area contributed by atoms with E-state index in [-0.39, 0.29) is 0 Å². The summed E-state index contributed by atoms with van der Waals surface area (Å²) in [7, 11) is 0. The monoisotopic (exact) mass is 268 g/mol. The zero-order chi connectivity index (χ0) is 11.0. The van der Waals surface area contributed by atoms with Crippen LogP contribution in [0.3, 0.4) is 0 Å². The number of hydrogen-bond donors (Lipinski definition) is 0. The molecular formula is C12H17BrN2. The summed E-state index contributed by atoms with van der Waals surface area (Å²) in [6.07, 6.45) is 3.18. The lowest BCUT2D eigenvalue weighted by Gasteiger charge is -2.23. The Morgan fingerprint density at radius 3 is 2.73 bits per heavy atom. The van der Waals surface area contributed by atoms with E-state index in [4.69, 9.17) is 0 Å². The first-order chi connectivity index (χ1) is 7.08. The summed E-state index contributed by atoms with van der Waals surface area (Å²) in [6.45, 7) is 7.83. The number of anilines is 1. The van der Waals surface area contributed by atoms with Crippen LogP contribution >= 0.6 is 15.9 Å². The third-order valence-electron chi connectivity index (χ3n) is 3.11. The molecule has 82 valence electrons. The van der Waals surface area contributed by atoms with Gasteiger partial charge >= 0.3 is 0 Å². The minimum Gasteiger partial charge on any atom is -0.354 e. The molecular weight excluding hydrogens is 252 g/mol. The molecule has 1 aromatic heterocycles. The predicted octanol–water partition coefficient (Wildman–Crippen LogP) is 3.39. The molecule has 2 atom stereocenters. The van der Waals surface area contributed by atoms with Crippen LogP contribution in [0.2, 0.25) is 0 Å². The van der Waals surface area contributed by atoms with Gasteiger partial charge in [-0.05, 0) is 53.7 Å². The molecule has 2 nitrogen and oxygen atoms in total. The van der Waals surface area contributed by atoms with Crippen LogP contribution in [-0.4, -0.2) is 17.6 Å². The molecule has 0 saturated carbocycles. The fourth-order valence-corrected chi connectivity index (χ4v) is 2.52. The number of nitrogens with zero attached hydrogens (tertiary/aromatic N) is 2. The number of pyridine rings is 1. The van der Waals surface area contributed by atoms with Crippen LogP contribution in [0.4, 0.5) is 5.82 Å². The Morgan fingerprint density at radius 2 is 2.20 bits per heavy atom. The van der Waals surface area contributed by atoms with Gasteiger partial charge in [0.25, 0.3) is 0 Å². The van der Waals surface area contributed by atoms with Crippen molar-refractivity contribution >= 4 is 21.7 Å². The van der Waals surface area contributed by atoms with E-state index in [9.17, 15) is 0 Å². The largest absolute Gasteiger partial charge is 0.354 e. The fraction of sp³-hybridized carbons (Fsp3) is 0.583. The van der Waals surface area contributed by atoms with Gasteiger partial charge < -0.3 is 4.90 Å². The Balaban J connectivity index is 2.26. The van der Waals surface area contributed by atoms with Crippen molar-refractivity contribution in [2.45, 2.75) is 33.2 Å². The summed E-state index contributed by atoms with van der Waals surface area (Å²) in [5.41, 5.74) is 1.26. The van der Waals surface area contributed by atoms with Crippen LogP contribution in [0.15, 0.2) is 16.7 Å². The van der Waals surface area contributed by atoms with Crippen molar-refractivity contribution in [3.8, 4) is 0 Å². The van der Waals surface area contributed by atoms with E-state index in [2.05, 4.69) is 52.7 Å². The maximum atomic E-state index is 4.49. The topological polar surface area (TPSA) is 16.1 Å². The van der Waals surface area contributed by atoms with E-state index in [1.54, 1.807) is 0 Å². The fourth-order valence-electron chi connectivity index (χ4n) is 2.30. The Hall–Kier alpha value is -0.570. The predicted molar refractivity (Wildman–Crippen MR) is 67.3 cm³/mol. The van der Waals surface area contributed by atoms with Gasteiger partial charge in [-0.1, -0.05) is 6.92 Å². The van der Waals surface area contributed by atoms with Crippen LogP contribution in [-0.2, 0) is 0 Å². The van der Waals surface area contributed by atoms with E-state index < -0.39 is 0 Å². The normalized spacial score (nSPS) is 26.0. The van der Waals surface area contributed by atoms with Gasteiger partial charge in [0.15, 0.2) is 0 Å². The molecule has 2 unspecified atom stereocenters. The molecule has 0 radical (unpaired) electrons. The Labute approximate surface area is 99.8 Å². The van der Waals surface area contributed by atoms with E-state index in [1.807, 2.05) is 6.20 Å². The lowest BCUT2D eigenvalue weighted by atomic mass is 10.1. The van der Waals surface area contributed by atoms with Gasteiger partial charge in [-0.25, -0.2) is 4.98 Å². The molecule has 15 heavy (non-hydrogen) atoms. The van der Waals surface area contributed by atoms with Crippen molar-refractivity contribution < 1.29 is 0 Å². The number of aromatic nitrogens is 1. The molecule has 0 amide bonds. The highest BCUT2D eigenvalue weighted by atomic mass is 79.9. The lowest BCUT2D eigenvalue weighted by molar-refractivity contribution is 0.625. The number of halogens is 1. The Kier molecular flexibility index (Phi) is 3.01. The minimum absolute atomic E-state index is 0.619. The summed E-state index contributed by atoms with van der Waals surface area (Å²) < 4.78 is 1.09. The van der Waals surface area contributed by atoms with Gasteiger partial charge in [0.1, 0.15) is 5.82 Å². The highest BCUT2D eigenvalue weighted by Gasteiger charge is 2.26. The maximum Gasteiger partial charge on any atom is 0.129 e. The van der Waals surface area contributed by atoms with E-state index >= 15 is 0 Å². The third-order valence-corrected chi connectivity index (χ3v) is 3.94. The SMILES string of the molecule is Cc1cc(N2CC(C)CC2C)ncc1Br. The third kappa shape index (κ3) is 2.17. The first-order valence-electron chi connectivity index (χ1n) is 5.46. The van der Waals surface area contributed by atoms with Crippen LogP contribution in [0, 0.1) is 12.8 Å². The summed E-state index contributed by atoms with van der Waals surface area (Å²) in [4.78, 5) is 6.89. The van der Waals surface area contributed by atoms with Crippen LogP contribution in [0.1, 0.15) is 25.8 Å². The van der Waals surface area contributed by atoms with Gasteiger partial charge in [-0.3, -0.25) is 0 Å². The molecule has 1 fully saturated rings. The van der Waals surface area contributed by atoms with Crippen molar-refractivity contribution in [1.82, 2.24) is 4.98 Å². The van der Waals surface area contributed by atoms with Crippen molar-refractivity contribution in [2.24, 2.45) is 5.92 Å². The molecule has 0 bridgehead atoms. The van der Waals surface area contributed by atoms with Crippen LogP contribution in [0.25, 0.3) is 0 Å². The zero-order valence-corrected chi connectivity index (χ0v) is 11.1. The number of rotatable bonds is 1. The van der Waals surface area contributed by atoms with E-state index in [0.717, 1.165) is 22.8 Å². The number of aryl methyl sites for hydroxylation is 1. The molecule has 2 rings (SSSR count). The summed E-state index contributed by atoms with van der Waals surface area (Å²) in [6, 6.07) is 2.78. The molecule has 2 heterocycles. The highest BCUT2D eigenvalue weighted by molar-refractivity contribution is 9.10. The first-order valence-corrected chi connectivity index (χ1v) is 6.26. The average Bonchev–Trinajstić information content (AvgIpc) is 2.50. The second-order valence-corrected chi connectivity index (χ2v) is 5.49. The Morgan fingerprint density at radius 1 is 1.47 bits per heavy atom. The summed E-state index contributed by atoms with van der Waals surface area (Å²) in [5, 5.41) is 0. The first kappa shape index (κ1) is 10.9. The van der Waals surface area contributed by atoms with E-state index in [1.165, 1.54) is 12.0 Å². The summed E-state index contributed by atoms with van der Waals surface area (Å²) >= 11 is 3.48. The van der Waals surface area contributed by atoms with Gasteiger partial charge in [0.2, 0.25) is 0 Å². The minimum atomic E-state index is 0.619. The van der Waals surface area contributed by atoms with Crippen LogP contribution < -0.4 is 4.90 Å². The van der Waals surface area contributed by atoms with Crippen LogP contribution in [0.5, 0.6) is 0 Å². The Bertz CT molecular complexity index is 365. The number of hydrogen-bond acceptors (Lipinski definition) is 2. The quantitative estimate of drug-likeness (QED) is 0.777. The molecule has 1 aromatic rings.